The van der Waals surface area contributed by atoms with Crippen molar-refractivity contribution in [1.29, 1.82) is 0 Å². The van der Waals surface area contributed by atoms with E-state index in [9.17, 15) is 14.4 Å². The third-order valence-corrected chi connectivity index (χ3v) is 8.10. The number of rotatable bonds is 8. The molecule has 2 fully saturated rings. The van der Waals surface area contributed by atoms with E-state index in [1.807, 2.05) is 26.0 Å². The first-order chi connectivity index (χ1) is 18.7. The number of oxime groups is 1. The highest BCUT2D eigenvalue weighted by atomic mass is 16.7. The van der Waals surface area contributed by atoms with Crippen LogP contribution in [0.3, 0.4) is 0 Å². The Morgan fingerprint density at radius 1 is 0.949 bits per heavy atom. The number of carbonyl (C=O) groups is 3. The molecule has 0 amide bonds. The zero-order valence-corrected chi connectivity index (χ0v) is 23.0. The van der Waals surface area contributed by atoms with Gasteiger partial charge in [0.15, 0.2) is 5.78 Å². The van der Waals surface area contributed by atoms with Gasteiger partial charge < -0.3 is 14.0 Å². The molecule has 1 aromatic heterocycles. The zero-order chi connectivity index (χ0) is 27.6. The van der Waals surface area contributed by atoms with E-state index in [2.05, 4.69) is 10.1 Å². The number of carbonyl (C=O) groups excluding carboxylic acids is 3. The van der Waals surface area contributed by atoms with Crippen LogP contribution in [0, 0.1) is 5.92 Å². The molecule has 0 spiro atoms. The Bertz CT molecular complexity index is 1420. The fourth-order valence-electron chi connectivity index (χ4n) is 5.80. The number of benzene rings is 2. The van der Waals surface area contributed by atoms with Gasteiger partial charge in [-0.15, -0.1) is 0 Å². The molecule has 0 unspecified atom stereocenters. The Morgan fingerprint density at radius 2 is 1.56 bits per heavy atom. The highest BCUT2D eigenvalue weighted by molar-refractivity contribution is 6.46. The summed E-state index contributed by atoms with van der Waals surface area (Å²) in [5.74, 6) is -0.453. The summed E-state index contributed by atoms with van der Waals surface area (Å²) in [7, 11) is 0. The molecule has 0 bridgehead atoms. The minimum Gasteiger partial charge on any atom is -0.456 e. The highest BCUT2D eigenvalue weighted by Crippen LogP contribution is 2.33. The van der Waals surface area contributed by atoms with Crippen LogP contribution >= 0.6 is 0 Å². The molecule has 1 aliphatic carbocycles. The Kier molecular flexibility index (Phi) is 7.96. The van der Waals surface area contributed by atoms with Crippen molar-refractivity contribution in [1.82, 2.24) is 4.90 Å². The van der Waals surface area contributed by atoms with Crippen molar-refractivity contribution in [2.75, 3.05) is 26.3 Å². The van der Waals surface area contributed by atoms with Gasteiger partial charge in [-0.05, 0) is 62.6 Å². The molecule has 206 valence electrons. The number of ether oxygens (including phenoxy) is 1. The first-order valence-electron chi connectivity index (χ1n) is 13.9. The molecule has 0 N–H and O–H groups in total. The molecule has 8 heteroatoms. The Morgan fingerprint density at radius 3 is 2.21 bits per heavy atom. The molecule has 2 heterocycles. The summed E-state index contributed by atoms with van der Waals surface area (Å²) < 4.78 is 11.5. The van der Waals surface area contributed by atoms with Crippen molar-refractivity contribution < 1.29 is 28.4 Å². The number of Topliss-reactive ketones (excluding diaryl/α,β-unsaturated/α-hetero) is 2. The van der Waals surface area contributed by atoms with E-state index in [0.717, 1.165) is 36.5 Å². The van der Waals surface area contributed by atoms with Crippen LogP contribution in [-0.2, 0) is 14.4 Å². The molecule has 3 aromatic rings. The van der Waals surface area contributed by atoms with Gasteiger partial charge in [-0.2, -0.15) is 0 Å². The lowest BCUT2D eigenvalue weighted by atomic mass is 9.84. The van der Waals surface area contributed by atoms with Crippen molar-refractivity contribution in [3.05, 3.63) is 47.5 Å². The Hall–Kier alpha value is -3.36. The third-order valence-electron chi connectivity index (χ3n) is 8.10. The van der Waals surface area contributed by atoms with E-state index in [1.54, 1.807) is 24.3 Å². The second kappa shape index (κ2) is 11.4. The van der Waals surface area contributed by atoms with Crippen LogP contribution in [0.15, 0.2) is 46.0 Å². The number of nitrogens with zero attached hydrogens (tertiary/aromatic N) is 2. The van der Waals surface area contributed by atoms with Gasteiger partial charge in [0.2, 0.25) is 5.78 Å². The minimum atomic E-state index is -0.681. The third kappa shape index (κ3) is 5.82. The summed E-state index contributed by atoms with van der Waals surface area (Å²) in [4.78, 5) is 45.7. The Labute approximate surface area is 228 Å². The Balaban J connectivity index is 1.47. The molecule has 8 nitrogen and oxygen atoms in total. The standard InChI is InChI=1S/C31H36N2O6/c1-20(34)39-32-26(17-21-7-5-4-6-8-21)29(35)22-9-11-27-24(18-22)25-19-23(10-12-28(25)38-27)30(36)31(2,3)33-13-15-37-16-14-33/h9-12,18-19,21H,4-8,13-17H2,1-3H3/b32-26+. The predicted molar refractivity (Wildman–Crippen MR) is 149 cm³/mol. The molecular formula is C31H36N2O6. The molecule has 5 rings (SSSR count). The van der Waals surface area contributed by atoms with E-state index < -0.39 is 11.5 Å². The number of hydrogen-bond acceptors (Lipinski definition) is 8. The van der Waals surface area contributed by atoms with Crippen LogP contribution in [-0.4, -0.2) is 60.0 Å². The van der Waals surface area contributed by atoms with Crippen LogP contribution in [0.1, 0.15) is 80.0 Å². The van der Waals surface area contributed by atoms with Gasteiger partial charge in [0, 0.05) is 41.9 Å². The molecule has 0 atom stereocenters. The maximum absolute atomic E-state index is 13.6. The SMILES string of the molecule is CC(=O)O/N=C(\CC1CCCCC1)C(=O)c1ccc2oc3ccc(C(=O)C(C)(C)N4CCOCC4)cc3c2c1. The fourth-order valence-corrected chi connectivity index (χ4v) is 5.80. The van der Waals surface area contributed by atoms with Crippen molar-refractivity contribution in [3.8, 4) is 0 Å². The summed E-state index contributed by atoms with van der Waals surface area (Å²) >= 11 is 0. The smallest absolute Gasteiger partial charge is 0.331 e. The number of ketones is 2. The molecule has 1 saturated heterocycles. The van der Waals surface area contributed by atoms with E-state index in [0.29, 0.717) is 60.9 Å². The fraction of sp³-hybridized carbons (Fsp3) is 0.484. The molecule has 2 aromatic carbocycles. The minimum absolute atomic E-state index is 0.0242. The first kappa shape index (κ1) is 27.2. The van der Waals surface area contributed by atoms with E-state index in [-0.39, 0.29) is 17.3 Å². The first-order valence-corrected chi connectivity index (χ1v) is 13.9. The lowest BCUT2D eigenvalue weighted by molar-refractivity contribution is -0.140. The maximum Gasteiger partial charge on any atom is 0.331 e. The van der Waals surface area contributed by atoms with Gasteiger partial charge in [0.1, 0.15) is 16.9 Å². The van der Waals surface area contributed by atoms with Crippen LogP contribution in [0.25, 0.3) is 21.9 Å². The normalized spacial score (nSPS) is 18.0. The van der Waals surface area contributed by atoms with Gasteiger partial charge >= 0.3 is 5.97 Å². The quantitative estimate of drug-likeness (QED) is 0.153. The molecule has 1 saturated carbocycles. The number of morpholine rings is 1. The lowest BCUT2D eigenvalue weighted by Crippen LogP contribution is -2.54. The van der Waals surface area contributed by atoms with Crippen LogP contribution < -0.4 is 0 Å². The molecule has 0 radical (unpaired) electrons. The number of hydrogen-bond donors (Lipinski definition) is 0. The van der Waals surface area contributed by atoms with Crippen LogP contribution in [0.5, 0.6) is 0 Å². The number of furan rings is 1. The summed E-state index contributed by atoms with van der Waals surface area (Å²) in [6.07, 6.45) is 6.03. The monoisotopic (exact) mass is 532 g/mol. The lowest BCUT2D eigenvalue weighted by Gasteiger charge is -2.39. The molecule has 1 aliphatic heterocycles. The average Bonchev–Trinajstić information content (AvgIpc) is 3.32. The van der Waals surface area contributed by atoms with Gasteiger partial charge in [0.05, 0.1) is 18.8 Å². The second-order valence-corrected chi connectivity index (χ2v) is 11.2. The van der Waals surface area contributed by atoms with E-state index in [1.165, 1.54) is 13.3 Å². The summed E-state index contributed by atoms with van der Waals surface area (Å²) in [5.41, 5.74) is 1.88. The summed E-state index contributed by atoms with van der Waals surface area (Å²) in [5, 5.41) is 5.49. The van der Waals surface area contributed by atoms with Crippen LogP contribution in [0.4, 0.5) is 0 Å². The van der Waals surface area contributed by atoms with Crippen molar-refractivity contribution in [3.63, 3.8) is 0 Å². The second-order valence-electron chi connectivity index (χ2n) is 11.2. The maximum atomic E-state index is 13.6. The van der Waals surface area contributed by atoms with Crippen molar-refractivity contribution >= 4 is 45.2 Å². The van der Waals surface area contributed by atoms with E-state index >= 15 is 0 Å². The number of fused-ring (bicyclic) bond motifs is 3. The molecule has 39 heavy (non-hydrogen) atoms. The van der Waals surface area contributed by atoms with Gasteiger partial charge in [-0.1, -0.05) is 37.3 Å². The van der Waals surface area contributed by atoms with Crippen molar-refractivity contribution in [2.24, 2.45) is 11.1 Å². The largest absolute Gasteiger partial charge is 0.456 e. The summed E-state index contributed by atoms with van der Waals surface area (Å²) in [6.45, 7) is 7.81. The average molecular weight is 533 g/mol. The predicted octanol–water partition coefficient (Wildman–Crippen LogP) is 5.95. The zero-order valence-electron chi connectivity index (χ0n) is 23.0. The van der Waals surface area contributed by atoms with Gasteiger partial charge in [0.25, 0.3) is 0 Å². The van der Waals surface area contributed by atoms with Crippen molar-refractivity contribution in [2.45, 2.75) is 64.8 Å². The van der Waals surface area contributed by atoms with Gasteiger partial charge in [-0.3, -0.25) is 14.5 Å². The highest BCUT2D eigenvalue weighted by Gasteiger charge is 2.36. The van der Waals surface area contributed by atoms with Gasteiger partial charge in [-0.25, -0.2) is 4.79 Å². The van der Waals surface area contributed by atoms with E-state index in [4.69, 9.17) is 14.0 Å². The summed E-state index contributed by atoms with van der Waals surface area (Å²) in [6, 6.07) is 10.7. The van der Waals surface area contributed by atoms with Crippen LogP contribution in [0.2, 0.25) is 0 Å². The molecular weight excluding hydrogens is 496 g/mol. The molecule has 2 aliphatic rings. The topological polar surface area (TPSA) is 98.4 Å².